The molecule has 0 spiro atoms. The highest BCUT2D eigenvalue weighted by Gasteiger charge is 2.02. The fourth-order valence-electron chi connectivity index (χ4n) is 1.61. The van der Waals surface area contributed by atoms with Gasteiger partial charge in [-0.3, -0.25) is 5.10 Å². The zero-order valence-electron chi connectivity index (χ0n) is 9.58. The molecule has 88 valence electrons. The fraction of sp³-hybridized carbons (Fsp3) is 0. The quantitative estimate of drug-likeness (QED) is 0.760. The molecule has 2 heterocycles. The molecule has 3 rings (SSSR count). The smallest absolute Gasteiger partial charge is 0.181 e. The van der Waals surface area contributed by atoms with Gasteiger partial charge in [0.1, 0.15) is 11.6 Å². The molecule has 18 heavy (non-hydrogen) atoms. The maximum absolute atomic E-state index is 5.20. The van der Waals surface area contributed by atoms with Crippen molar-refractivity contribution < 1.29 is 4.42 Å². The van der Waals surface area contributed by atoms with Crippen molar-refractivity contribution in [1.82, 2.24) is 15.2 Å². The molecule has 0 fully saturated rings. The molecule has 0 bridgehead atoms. The zero-order chi connectivity index (χ0) is 12.2. The number of aromatic nitrogens is 3. The van der Waals surface area contributed by atoms with E-state index in [1.54, 1.807) is 6.26 Å². The maximum atomic E-state index is 5.20. The molecule has 0 atom stereocenters. The van der Waals surface area contributed by atoms with Gasteiger partial charge in [-0.15, -0.1) is 0 Å². The summed E-state index contributed by atoms with van der Waals surface area (Å²) >= 11 is 0. The van der Waals surface area contributed by atoms with Crippen LogP contribution in [0.5, 0.6) is 0 Å². The van der Waals surface area contributed by atoms with Crippen molar-refractivity contribution >= 4 is 12.2 Å². The average Bonchev–Trinajstić information content (AvgIpc) is 3.09. The van der Waals surface area contributed by atoms with Crippen molar-refractivity contribution in [3.63, 3.8) is 0 Å². The number of hydrogen-bond donors (Lipinski definition) is 1. The highest BCUT2D eigenvalue weighted by molar-refractivity contribution is 5.65. The largest absolute Gasteiger partial charge is 0.465 e. The predicted octanol–water partition coefficient (Wildman–Crippen LogP) is 3.24. The van der Waals surface area contributed by atoms with Crippen molar-refractivity contribution in [1.29, 1.82) is 0 Å². The number of nitrogens with one attached hydrogen (secondary N) is 1. The van der Waals surface area contributed by atoms with E-state index in [4.69, 9.17) is 4.42 Å². The Morgan fingerprint density at radius 1 is 1.00 bits per heavy atom. The van der Waals surface area contributed by atoms with Crippen molar-refractivity contribution in [2.75, 3.05) is 0 Å². The van der Waals surface area contributed by atoms with E-state index in [0.717, 1.165) is 11.3 Å². The minimum Gasteiger partial charge on any atom is -0.465 e. The molecule has 1 N–H and O–H groups in total. The van der Waals surface area contributed by atoms with Gasteiger partial charge in [0.05, 0.1) is 6.26 Å². The van der Waals surface area contributed by atoms with Crippen LogP contribution in [-0.4, -0.2) is 15.2 Å². The molecule has 1 aromatic carbocycles. The molecule has 0 unspecified atom stereocenters. The lowest BCUT2D eigenvalue weighted by atomic mass is 10.2. The van der Waals surface area contributed by atoms with E-state index in [2.05, 4.69) is 15.2 Å². The number of benzene rings is 1. The van der Waals surface area contributed by atoms with E-state index in [-0.39, 0.29) is 0 Å². The van der Waals surface area contributed by atoms with Crippen molar-refractivity contribution in [3.05, 3.63) is 60.3 Å². The Labute approximate surface area is 104 Å². The van der Waals surface area contributed by atoms with Crippen LogP contribution in [0, 0.1) is 0 Å². The lowest BCUT2D eigenvalue weighted by Crippen LogP contribution is -1.78. The van der Waals surface area contributed by atoms with Gasteiger partial charge in [0.2, 0.25) is 0 Å². The summed E-state index contributed by atoms with van der Waals surface area (Å²) < 4.78 is 5.20. The molecule has 4 nitrogen and oxygen atoms in total. The van der Waals surface area contributed by atoms with Gasteiger partial charge in [0, 0.05) is 5.56 Å². The molecular formula is C14H11N3O. The third kappa shape index (κ3) is 2.22. The molecule has 0 saturated heterocycles. The third-order valence-corrected chi connectivity index (χ3v) is 2.48. The standard InChI is InChI=1S/C14H11N3O/c1-2-5-11(6-3-1)14-15-13(16-17-14)9-8-12-7-4-10-18-12/h1-10H,(H,15,16,17). The number of hydrogen-bond acceptors (Lipinski definition) is 3. The Bertz CT molecular complexity index is 639. The van der Waals surface area contributed by atoms with E-state index in [1.165, 1.54) is 0 Å². The number of furan rings is 1. The normalized spacial score (nSPS) is 11.1. The summed E-state index contributed by atoms with van der Waals surface area (Å²) in [4.78, 5) is 4.38. The molecule has 0 aliphatic heterocycles. The van der Waals surface area contributed by atoms with Gasteiger partial charge in [-0.25, -0.2) is 4.98 Å². The first-order chi connectivity index (χ1) is 8.92. The number of nitrogens with zero attached hydrogens (tertiary/aromatic N) is 2. The summed E-state index contributed by atoms with van der Waals surface area (Å²) in [5, 5.41) is 7.05. The van der Waals surface area contributed by atoms with Crippen LogP contribution < -0.4 is 0 Å². The van der Waals surface area contributed by atoms with Crippen LogP contribution in [-0.2, 0) is 0 Å². The zero-order valence-corrected chi connectivity index (χ0v) is 9.58. The summed E-state index contributed by atoms with van der Waals surface area (Å²) in [6.45, 7) is 0. The summed E-state index contributed by atoms with van der Waals surface area (Å²) in [6, 6.07) is 13.6. The van der Waals surface area contributed by atoms with Crippen LogP contribution in [0.3, 0.4) is 0 Å². The second-order valence-electron chi connectivity index (χ2n) is 3.76. The van der Waals surface area contributed by atoms with Crippen LogP contribution in [0.1, 0.15) is 11.6 Å². The molecule has 0 aliphatic rings. The lowest BCUT2D eigenvalue weighted by molar-refractivity contribution is 0.557. The Morgan fingerprint density at radius 3 is 2.67 bits per heavy atom. The second kappa shape index (κ2) is 4.71. The van der Waals surface area contributed by atoms with Gasteiger partial charge in [0.15, 0.2) is 5.82 Å². The van der Waals surface area contributed by atoms with Gasteiger partial charge in [-0.1, -0.05) is 30.3 Å². The lowest BCUT2D eigenvalue weighted by Gasteiger charge is -1.91. The first-order valence-corrected chi connectivity index (χ1v) is 5.61. The summed E-state index contributed by atoms with van der Waals surface area (Å²) in [5.41, 5.74) is 0.992. The van der Waals surface area contributed by atoms with Gasteiger partial charge in [-0.2, -0.15) is 5.10 Å². The first kappa shape index (κ1) is 10.5. The third-order valence-electron chi connectivity index (χ3n) is 2.48. The molecule has 2 aromatic heterocycles. The monoisotopic (exact) mass is 237 g/mol. The van der Waals surface area contributed by atoms with Crippen molar-refractivity contribution in [2.45, 2.75) is 0 Å². The summed E-state index contributed by atoms with van der Waals surface area (Å²) in [7, 11) is 0. The fourth-order valence-corrected chi connectivity index (χ4v) is 1.61. The van der Waals surface area contributed by atoms with E-state index in [9.17, 15) is 0 Å². The highest BCUT2D eigenvalue weighted by Crippen LogP contribution is 2.14. The van der Waals surface area contributed by atoms with Gasteiger partial charge in [-0.05, 0) is 24.3 Å². The number of aromatic amines is 1. The number of rotatable bonds is 3. The van der Waals surface area contributed by atoms with Crippen molar-refractivity contribution in [2.24, 2.45) is 0 Å². The van der Waals surface area contributed by atoms with E-state index in [0.29, 0.717) is 11.6 Å². The first-order valence-electron chi connectivity index (χ1n) is 5.61. The Hall–Kier alpha value is -2.62. The van der Waals surface area contributed by atoms with Crippen molar-refractivity contribution in [3.8, 4) is 11.4 Å². The Morgan fingerprint density at radius 2 is 1.89 bits per heavy atom. The molecule has 0 radical (unpaired) electrons. The average molecular weight is 237 g/mol. The number of H-pyrrole nitrogens is 1. The predicted molar refractivity (Wildman–Crippen MR) is 69.5 cm³/mol. The molecule has 4 heteroatoms. The topological polar surface area (TPSA) is 54.7 Å². The van der Waals surface area contributed by atoms with Crippen LogP contribution in [0.4, 0.5) is 0 Å². The SMILES string of the molecule is C(=Cc1ccco1)c1nc(-c2ccccc2)n[nH]1. The molecular weight excluding hydrogens is 226 g/mol. The van der Waals surface area contributed by atoms with Gasteiger partial charge < -0.3 is 4.42 Å². The Kier molecular flexibility index (Phi) is 2.75. The summed E-state index contributed by atoms with van der Waals surface area (Å²) in [5.74, 6) is 2.17. The van der Waals surface area contributed by atoms with E-state index >= 15 is 0 Å². The Balaban J connectivity index is 1.82. The van der Waals surface area contributed by atoms with Crippen LogP contribution in [0.25, 0.3) is 23.5 Å². The second-order valence-corrected chi connectivity index (χ2v) is 3.76. The summed E-state index contributed by atoms with van der Waals surface area (Å²) in [6.07, 6.45) is 5.31. The van der Waals surface area contributed by atoms with E-state index in [1.807, 2.05) is 54.6 Å². The highest BCUT2D eigenvalue weighted by atomic mass is 16.3. The van der Waals surface area contributed by atoms with Crippen LogP contribution >= 0.6 is 0 Å². The van der Waals surface area contributed by atoms with Crippen LogP contribution in [0.2, 0.25) is 0 Å². The van der Waals surface area contributed by atoms with Gasteiger partial charge >= 0.3 is 0 Å². The minimum absolute atomic E-state index is 0.690. The van der Waals surface area contributed by atoms with E-state index < -0.39 is 0 Å². The minimum atomic E-state index is 0.690. The molecule has 0 amide bonds. The van der Waals surface area contributed by atoms with Crippen LogP contribution in [0.15, 0.2) is 53.1 Å². The van der Waals surface area contributed by atoms with Gasteiger partial charge in [0.25, 0.3) is 0 Å². The molecule has 0 saturated carbocycles. The molecule has 0 aliphatic carbocycles. The maximum Gasteiger partial charge on any atom is 0.181 e. The molecule has 3 aromatic rings.